The fourth-order valence-corrected chi connectivity index (χ4v) is 3.15. The summed E-state index contributed by atoms with van der Waals surface area (Å²) >= 11 is 0. The summed E-state index contributed by atoms with van der Waals surface area (Å²) in [7, 11) is 0. The Morgan fingerprint density at radius 1 is 1.00 bits per heavy atom. The molecule has 5 nitrogen and oxygen atoms in total. The molecule has 1 aliphatic rings. The van der Waals surface area contributed by atoms with Crippen LogP contribution in [0.3, 0.4) is 0 Å². The number of hydrogen-bond acceptors (Lipinski definition) is 3. The van der Waals surface area contributed by atoms with Gasteiger partial charge in [0.15, 0.2) is 6.10 Å². The molecule has 0 bridgehead atoms. The Hall–Kier alpha value is -2.66. The second-order valence-electron chi connectivity index (χ2n) is 6.22. The Labute approximate surface area is 140 Å². The molecule has 2 aromatic rings. The van der Waals surface area contributed by atoms with Crippen LogP contribution in [0.4, 0.5) is 0 Å². The minimum absolute atomic E-state index is 0.252. The molecule has 1 aliphatic heterocycles. The fraction of sp³-hybridized carbons (Fsp3) is 0.263. The molecule has 1 heterocycles. The maximum Gasteiger partial charge on any atom is 0.335 e. The van der Waals surface area contributed by atoms with Gasteiger partial charge in [0.1, 0.15) is 5.72 Å². The van der Waals surface area contributed by atoms with E-state index in [-0.39, 0.29) is 5.91 Å². The van der Waals surface area contributed by atoms with Crippen LogP contribution in [0.1, 0.15) is 35.8 Å². The van der Waals surface area contributed by atoms with E-state index in [1.165, 1.54) is 4.90 Å². The highest BCUT2D eigenvalue weighted by Gasteiger charge is 2.53. The molecule has 0 spiro atoms. The normalized spacial score (nSPS) is 22.3. The van der Waals surface area contributed by atoms with Gasteiger partial charge < -0.3 is 14.7 Å². The van der Waals surface area contributed by atoms with Crippen molar-refractivity contribution in [3.63, 3.8) is 0 Å². The third-order valence-electron chi connectivity index (χ3n) is 4.18. The number of hydrogen-bond donors (Lipinski definition) is 1. The maximum atomic E-state index is 13.1. The summed E-state index contributed by atoms with van der Waals surface area (Å²) < 4.78 is 5.74. The van der Waals surface area contributed by atoms with Gasteiger partial charge >= 0.3 is 5.97 Å². The number of ether oxygens (including phenoxy) is 1. The third-order valence-corrected chi connectivity index (χ3v) is 4.18. The number of nitrogens with zero attached hydrogens (tertiary/aromatic N) is 1. The number of amides is 1. The Kier molecular flexibility index (Phi) is 4.11. The Balaban J connectivity index is 2.09. The van der Waals surface area contributed by atoms with Crippen molar-refractivity contribution in [2.24, 2.45) is 0 Å². The van der Waals surface area contributed by atoms with Crippen LogP contribution in [0.5, 0.6) is 0 Å². The lowest BCUT2D eigenvalue weighted by atomic mass is 9.99. The van der Waals surface area contributed by atoms with Crippen molar-refractivity contribution in [3.8, 4) is 0 Å². The first-order valence-electron chi connectivity index (χ1n) is 7.76. The van der Waals surface area contributed by atoms with E-state index < -0.39 is 23.8 Å². The number of rotatable bonds is 3. The lowest BCUT2D eigenvalue weighted by Gasteiger charge is -2.33. The second kappa shape index (κ2) is 6.09. The molecule has 1 fully saturated rings. The Morgan fingerprint density at radius 2 is 1.54 bits per heavy atom. The number of carbonyl (C=O) groups excluding carboxylic acids is 1. The van der Waals surface area contributed by atoms with Crippen LogP contribution in [-0.4, -0.2) is 33.7 Å². The first-order chi connectivity index (χ1) is 11.4. The van der Waals surface area contributed by atoms with Gasteiger partial charge in [-0.2, -0.15) is 0 Å². The molecule has 0 aromatic heterocycles. The number of aliphatic carboxylic acids is 1. The molecule has 1 N–H and O–H groups in total. The average molecular weight is 325 g/mol. The van der Waals surface area contributed by atoms with Crippen molar-refractivity contribution in [1.82, 2.24) is 4.90 Å². The molecule has 0 aliphatic carbocycles. The van der Waals surface area contributed by atoms with E-state index in [2.05, 4.69) is 0 Å². The summed E-state index contributed by atoms with van der Waals surface area (Å²) in [5.74, 6) is -1.33. The molecule has 2 atom stereocenters. The molecule has 5 heteroatoms. The highest BCUT2D eigenvalue weighted by Crippen LogP contribution is 2.42. The van der Waals surface area contributed by atoms with Gasteiger partial charge in [0.2, 0.25) is 0 Å². The molecule has 1 amide bonds. The van der Waals surface area contributed by atoms with Crippen molar-refractivity contribution in [3.05, 3.63) is 71.8 Å². The van der Waals surface area contributed by atoms with E-state index in [1.54, 1.807) is 38.1 Å². The largest absolute Gasteiger partial charge is 0.479 e. The quantitative estimate of drug-likeness (QED) is 0.942. The number of carbonyl (C=O) groups is 2. The molecule has 0 unspecified atom stereocenters. The van der Waals surface area contributed by atoms with Gasteiger partial charge in [-0.1, -0.05) is 48.5 Å². The first-order valence-corrected chi connectivity index (χ1v) is 7.76. The molecular formula is C19H19NO4. The van der Waals surface area contributed by atoms with Crippen LogP contribution in [0.25, 0.3) is 0 Å². The van der Waals surface area contributed by atoms with E-state index in [9.17, 15) is 14.7 Å². The van der Waals surface area contributed by atoms with E-state index in [0.717, 1.165) is 5.56 Å². The van der Waals surface area contributed by atoms with E-state index in [4.69, 9.17) is 4.74 Å². The zero-order valence-electron chi connectivity index (χ0n) is 13.5. The topological polar surface area (TPSA) is 66.8 Å². The summed E-state index contributed by atoms with van der Waals surface area (Å²) in [5.41, 5.74) is 0.206. The summed E-state index contributed by atoms with van der Waals surface area (Å²) in [6, 6.07) is 17.3. The van der Waals surface area contributed by atoms with E-state index in [1.807, 2.05) is 36.4 Å². The van der Waals surface area contributed by atoms with Crippen LogP contribution >= 0.6 is 0 Å². The van der Waals surface area contributed by atoms with Crippen LogP contribution in [-0.2, 0) is 9.53 Å². The molecule has 1 saturated heterocycles. The summed E-state index contributed by atoms with van der Waals surface area (Å²) in [6.45, 7) is 3.43. The fourth-order valence-electron chi connectivity index (χ4n) is 3.15. The Bertz CT molecular complexity index is 742. The second-order valence-corrected chi connectivity index (χ2v) is 6.22. The number of carboxylic acids is 1. The molecule has 2 aromatic carbocycles. The predicted molar refractivity (Wildman–Crippen MR) is 88.4 cm³/mol. The summed E-state index contributed by atoms with van der Waals surface area (Å²) in [4.78, 5) is 26.3. The third kappa shape index (κ3) is 2.78. The molecule has 124 valence electrons. The molecule has 0 saturated carbocycles. The maximum absolute atomic E-state index is 13.1. The zero-order valence-corrected chi connectivity index (χ0v) is 13.5. The number of carboxylic acid groups (broad SMARTS) is 1. The van der Waals surface area contributed by atoms with Crippen molar-refractivity contribution < 1.29 is 19.4 Å². The monoisotopic (exact) mass is 325 g/mol. The van der Waals surface area contributed by atoms with Crippen LogP contribution in [0.2, 0.25) is 0 Å². The first kappa shape index (κ1) is 16.2. The van der Waals surface area contributed by atoms with Crippen molar-refractivity contribution >= 4 is 11.9 Å². The lowest BCUT2D eigenvalue weighted by Crippen LogP contribution is -2.45. The van der Waals surface area contributed by atoms with Crippen molar-refractivity contribution in [2.75, 3.05) is 0 Å². The van der Waals surface area contributed by atoms with Gasteiger partial charge in [-0.3, -0.25) is 4.79 Å². The SMILES string of the molecule is CC1(C)O[C@H](C(=O)O)[C@@H](c2ccccc2)N1C(=O)c1ccccc1. The van der Waals surface area contributed by atoms with Gasteiger partial charge in [-0.25, -0.2) is 4.79 Å². The highest BCUT2D eigenvalue weighted by molar-refractivity contribution is 5.95. The minimum Gasteiger partial charge on any atom is -0.479 e. The van der Waals surface area contributed by atoms with Crippen LogP contribution in [0.15, 0.2) is 60.7 Å². The van der Waals surface area contributed by atoms with Crippen molar-refractivity contribution in [2.45, 2.75) is 31.7 Å². The van der Waals surface area contributed by atoms with Crippen LogP contribution in [0, 0.1) is 0 Å². The minimum atomic E-state index is -1.12. The van der Waals surface area contributed by atoms with Gasteiger partial charge in [0, 0.05) is 5.56 Å². The molecule has 0 radical (unpaired) electrons. The van der Waals surface area contributed by atoms with Gasteiger partial charge in [0.05, 0.1) is 6.04 Å². The lowest BCUT2D eigenvalue weighted by molar-refractivity contribution is -0.154. The standard InChI is InChI=1S/C19H19NO4/c1-19(2)20(17(21)14-11-7-4-8-12-14)15(16(24-19)18(22)23)13-9-5-3-6-10-13/h3-12,15-16H,1-2H3,(H,22,23)/t15-,16+/m1/s1. The highest BCUT2D eigenvalue weighted by atomic mass is 16.6. The number of benzene rings is 2. The van der Waals surface area contributed by atoms with Crippen LogP contribution < -0.4 is 0 Å². The summed E-state index contributed by atoms with van der Waals surface area (Å²) in [6.07, 6.45) is -1.12. The Morgan fingerprint density at radius 3 is 2.08 bits per heavy atom. The molecule has 3 rings (SSSR count). The van der Waals surface area contributed by atoms with Gasteiger partial charge in [0.25, 0.3) is 5.91 Å². The summed E-state index contributed by atoms with van der Waals surface area (Å²) in [5, 5.41) is 9.58. The van der Waals surface area contributed by atoms with E-state index in [0.29, 0.717) is 5.56 Å². The van der Waals surface area contributed by atoms with Crippen molar-refractivity contribution in [1.29, 1.82) is 0 Å². The van der Waals surface area contributed by atoms with Gasteiger partial charge in [-0.05, 0) is 31.5 Å². The average Bonchev–Trinajstić information content (AvgIpc) is 2.87. The van der Waals surface area contributed by atoms with E-state index >= 15 is 0 Å². The smallest absolute Gasteiger partial charge is 0.335 e. The molecule has 24 heavy (non-hydrogen) atoms. The predicted octanol–water partition coefficient (Wildman–Crippen LogP) is 3.09. The zero-order chi connectivity index (χ0) is 17.3. The van der Waals surface area contributed by atoms with Gasteiger partial charge in [-0.15, -0.1) is 0 Å². The molecular weight excluding hydrogens is 306 g/mol.